The second-order valence-electron chi connectivity index (χ2n) is 7.00. The molecule has 0 saturated carbocycles. The van der Waals surface area contributed by atoms with E-state index < -0.39 is 0 Å². The summed E-state index contributed by atoms with van der Waals surface area (Å²) < 4.78 is 10.8. The molecular weight excluding hydrogens is 322 g/mol. The van der Waals surface area contributed by atoms with Gasteiger partial charge in [0.2, 0.25) is 5.91 Å². The molecule has 2 aliphatic rings. The van der Waals surface area contributed by atoms with Gasteiger partial charge in [-0.2, -0.15) is 5.10 Å². The van der Waals surface area contributed by atoms with Gasteiger partial charge < -0.3 is 14.4 Å². The average molecular weight is 345 g/mol. The number of nitrogens with one attached hydrogen (secondary N) is 1. The van der Waals surface area contributed by atoms with E-state index in [4.69, 9.17) is 9.47 Å². The maximum absolute atomic E-state index is 12.8. The summed E-state index contributed by atoms with van der Waals surface area (Å²) in [6.45, 7) is 5.25. The molecule has 1 aromatic carbocycles. The summed E-state index contributed by atoms with van der Waals surface area (Å²) in [7, 11) is 3.21. The highest BCUT2D eigenvalue weighted by Gasteiger charge is 2.36. The van der Waals surface area contributed by atoms with Crippen LogP contribution in [0.3, 0.4) is 0 Å². The molecule has 1 N–H and O–H groups in total. The summed E-state index contributed by atoms with van der Waals surface area (Å²) in [5, 5.41) is 3.93. The fourth-order valence-corrected chi connectivity index (χ4v) is 3.46. The van der Waals surface area contributed by atoms with Crippen LogP contribution in [-0.2, 0) is 21.5 Å². The molecule has 0 saturated heterocycles. The molecule has 0 aliphatic carbocycles. The number of ether oxygens (including phenoxy) is 2. The molecule has 2 aliphatic heterocycles. The minimum atomic E-state index is -0.235. The number of carbonyl (C=O) groups is 2. The van der Waals surface area contributed by atoms with Crippen LogP contribution in [0.1, 0.15) is 37.8 Å². The van der Waals surface area contributed by atoms with E-state index in [0.717, 1.165) is 11.1 Å². The second-order valence-corrected chi connectivity index (χ2v) is 7.00. The molecule has 0 atom stereocenters. The van der Waals surface area contributed by atoms with Crippen LogP contribution in [0, 0.1) is 0 Å². The topological polar surface area (TPSA) is 80.2 Å². The van der Waals surface area contributed by atoms with Gasteiger partial charge in [0.1, 0.15) is 5.71 Å². The summed E-state index contributed by atoms with van der Waals surface area (Å²) in [6, 6.07) is 3.92. The molecule has 0 aromatic heterocycles. The minimum absolute atomic E-state index is 0.131. The van der Waals surface area contributed by atoms with E-state index in [2.05, 4.69) is 24.4 Å². The van der Waals surface area contributed by atoms with E-state index in [0.29, 0.717) is 43.1 Å². The van der Waals surface area contributed by atoms with Crippen LogP contribution < -0.4 is 14.9 Å². The number of fused-ring (bicyclic) bond motifs is 1. The Labute approximate surface area is 147 Å². The quantitative estimate of drug-likeness (QED) is 0.902. The third-order valence-electron chi connectivity index (χ3n) is 4.72. The lowest BCUT2D eigenvalue weighted by Crippen LogP contribution is -2.48. The van der Waals surface area contributed by atoms with Crippen molar-refractivity contribution in [1.29, 1.82) is 0 Å². The van der Waals surface area contributed by atoms with E-state index in [1.165, 1.54) is 0 Å². The number of rotatable bonds is 3. The van der Waals surface area contributed by atoms with Crippen LogP contribution in [-0.4, -0.2) is 43.2 Å². The van der Waals surface area contributed by atoms with Gasteiger partial charge in [0.15, 0.2) is 11.5 Å². The largest absolute Gasteiger partial charge is 0.493 e. The Hall–Kier alpha value is -2.57. The fraction of sp³-hybridized carbons (Fsp3) is 0.500. The molecule has 0 radical (unpaired) electrons. The molecule has 0 fully saturated rings. The number of methoxy groups -OCH3 is 2. The molecule has 3 rings (SSSR count). The Bertz CT molecular complexity index is 755. The highest BCUT2D eigenvalue weighted by Crippen LogP contribution is 2.40. The molecule has 0 spiro atoms. The number of nitrogens with zero attached hydrogens (tertiary/aromatic N) is 2. The predicted octanol–water partition coefficient (Wildman–Crippen LogP) is 1.59. The van der Waals surface area contributed by atoms with E-state index in [1.54, 1.807) is 19.1 Å². The maximum atomic E-state index is 12.8. The SMILES string of the molecule is COc1cc2c(cc1OC)C(C)(C)CN(C(=O)C1=NNC(=O)CC1)C2. The predicted molar refractivity (Wildman–Crippen MR) is 92.8 cm³/mol. The van der Waals surface area contributed by atoms with Gasteiger partial charge in [0, 0.05) is 31.3 Å². The van der Waals surface area contributed by atoms with Crippen molar-refractivity contribution in [2.45, 2.75) is 38.6 Å². The Kier molecular flexibility index (Phi) is 4.41. The van der Waals surface area contributed by atoms with Crippen molar-refractivity contribution >= 4 is 17.5 Å². The van der Waals surface area contributed by atoms with Crippen LogP contribution in [0.25, 0.3) is 0 Å². The summed E-state index contributed by atoms with van der Waals surface area (Å²) in [4.78, 5) is 25.8. The van der Waals surface area contributed by atoms with Gasteiger partial charge >= 0.3 is 0 Å². The van der Waals surface area contributed by atoms with E-state index in [9.17, 15) is 9.59 Å². The van der Waals surface area contributed by atoms with Gasteiger partial charge in [-0.05, 0) is 23.3 Å². The summed E-state index contributed by atoms with van der Waals surface area (Å²) in [5.74, 6) is 1.05. The lowest BCUT2D eigenvalue weighted by atomic mass is 9.78. The van der Waals surface area contributed by atoms with Gasteiger partial charge in [0.05, 0.1) is 14.2 Å². The van der Waals surface area contributed by atoms with Crippen molar-refractivity contribution in [2.24, 2.45) is 5.10 Å². The zero-order valence-corrected chi connectivity index (χ0v) is 15.0. The number of benzene rings is 1. The Morgan fingerprint density at radius 2 is 1.88 bits per heavy atom. The average Bonchev–Trinajstić information content (AvgIpc) is 2.60. The van der Waals surface area contributed by atoms with Gasteiger partial charge in [-0.3, -0.25) is 9.59 Å². The number of carbonyl (C=O) groups excluding carboxylic acids is 2. The first-order valence-corrected chi connectivity index (χ1v) is 8.26. The van der Waals surface area contributed by atoms with Crippen LogP contribution in [0.5, 0.6) is 11.5 Å². The smallest absolute Gasteiger partial charge is 0.270 e. The fourth-order valence-electron chi connectivity index (χ4n) is 3.46. The van der Waals surface area contributed by atoms with Crippen LogP contribution in [0.15, 0.2) is 17.2 Å². The van der Waals surface area contributed by atoms with Crippen LogP contribution >= 0.6 is 0 Å². The Balaban J connectivity index is 1.93. The summed E-state index contributed by atoms with van der Waals surface area (Å²) >= 11 is 0. The molecule has 0 unspecified atom stereocenters. The lowest BCUT2D eigenvalue weighted by Gasteiger charge is -2.40. The number of hydrogen-bond donors (Lipinski definition) is 1. The van der Waals surface area contributed by atoms with Crippen LogP contribution in [0.4, 0.5) is 0 Å². The zero-order valence-electron chi connectivity index (χ0n) is 15.0. The Morgan fingerprint density at radius 3 is 2.48 bits per heavy atom. The van der Waals surface area contributed by atoms with Crippen molar-refractivity contribution < 1.29 is 19.1 Å². The van der Waals surface area contributed by atoms with Crippen molar-refractivity contribution in [1.82, 2.24) is 10.3 Å². The van der Waals surface area contributed by atoms with E-state index >= 15 is 0 Å². The second kappa shape index (κ2) is 6.38. The molecule has 0 bridgehead atoms. The monoisotopic (exact) mass is 345 g/mol. The molecular formula is C18H23N3O4. The number of hydrazone groups is 1. The first-order chi connectivity index (χ1) is 11.9. The number of amides is 2. The zero-order chi connectivity index (χ0) is 18.2. The van der Waals surface area contributed by atoms with E-state index in [-0.39, 0.29) is 17.2 Å². The van der Waals surface area contributed by atoms with Gasteiger partial charge in [-0.1, -0.05) is 13.8 Å². The molecule has 1 aromatic rings. The highest BCUT2D eigenvalue weighted by molar-refractivity contribution is 6.39. The third-order valence-corrected chi connectivity index (χ3v) is 4.72. The third kappa shape index (κ3) is 3.18. The normalized spacial score (nSPS) is 18.8. The standard InChI is InChI=1S/C18H23N3O4/c1-18(2)10-21(17(23)13-5-6-16(22)20-19-13)9-11-7-14(24-3)15(25-4)8-12(11)18/h7-8H,5-6,9-10H2,1-4H3,(H,20,22). The van der Waals surface area contributed by atoms with Crippen molar-refractivity contribution in [3.8, 4) is 11.5 Å². The van der Waals surface area contributed by atoms with Crippen LogP contribution in [0.2, 0.25) is 0 Å². The molecule has 7 heteroatoms. The van der Waals surface area contributed by atoms with Gasteiger partial charge in [-0.15, -0.1) is 0 Å². The number of hydrogen-bond acceptors (Lipinski definition) is 5. The van der Waals surface area contributed by atoms with Gasteiger partial charge in [-0.25, -0.2) is 5.43 Å². The maximum Gasteiger partial charge on any atom is 0.270 e. The van der Waals surface area contributed by atoms with Crippen molar-refractivity contribution in [3.05, 3.63) is 23.3 Å². The van der Waals surface area contributed by atoms with Crippen molar-refractivity contribution in [2.75, 3.05) is 20.8 Å². The van der Waals surface area contributed by atoms with Crippen molar-refractivity contribution in [3.63, 3.8) is 0 Å². The highest BCUT2D eigenvalue weighted by atomic mass is 16.5. The summed E-state index contributed by atoms with van der Waals surface area (Å²) in [6.07, 6.45) is 0.670. The minimum Gasteiger partial charge on any atom is -0.493 e. The lowest BCUT2D eigenvalue weighted by molar-refractivity contribution is -0.126. The molecule has 7 nitrogen and oxygen atoms in total. The molecule has 2 amide bonds. The Morgan fingerprint density at radius 1 is 1.20 bits per heavy atom. The molecule has 2 heterocycles. The van der Waals surface area contributed by atoms with Gasteiger partial charge in [0.25, 0.3) is 5.91 Å². The first kappa shape index (κ1) is 17.3. The first-order valence-electron chi connectivity index (χ1n) is 8.26. The molecule has 134 valence electrons. The van der Waals surface area contributed by atoms with E-state index in [1.807, 2.05) is 12.1 Å². The molecule has 25 heavy (non-hydrogen) atoms. The summed E-state index contributed by atoms with van der Waals surface area (Å²) in [5.41, 5.74) is 4.73.